The molecule has 0 aromatic rings. The average Bonchev–Trinajstić information content (AvgIpc) is 2.42. The second kappa shape index (κ2) is 12.7. The van der Waals surface area contributed by atoms with E-state index in [4.69, 9.17) is 25.3 Å². The summed E-state index contributed by atoms with van der Waals surface area (Å²) < 4.78 is 89.0. The Morgan fingerprint density at radius 2 is 0.844 bits per heavy atom. The highest BCUT2D eigenvalue weighted by molar-refractivity contribution is 7.72. The van der Waals surface area contributed by atoms with Crippen LogP contribution >= 0.6 is 46.9 Å². The molecule has 5 atom stereocenters. The lowest BCUT2D eigenvalue weighted by atomic mass is 10.2. The number of unbranched alkanes of at least 4 members (excludes halogenated alkanes) is 3. The molecule has 0 aliphatic rings. The van der Waals surface area contributed by atoms with Gasteiger partial charge in [-0.2, -0.15) is 21.6 Å². The Bertz CT molecular complexity index is 895. The Morgan fingerprint density at radius 1 is 0.500 bits per heavy atom. The zero-order chi connectivity index (χ0) is 25.5. The summed E-state index contributed by atoms with van der Waals surface area (Å²) in [7, 11) is -35.8. The topological polar surface area (TPSA) is 325 Å². The van der Waals surface area contributed by atoms with Crippen LogP contribution in [0.25, 0.3) is 0 Å². The molecule has 0 bridgehead atoms. The zero-order valence-electron chi connectivity index (χ0n) is 15.5. The molecule has 0 rings (SSSR count). The van der Waals surface area contributed by atoms with E-state index in [1.54, 1.807) is 0 Å². The summed E-state index contributed by atoms with van der Waals surface area (Å²) in [4.78, 5) is 62.5. The van der Waals surface area contributed by atoms with Gasteiger partial charge in [-0.3, -0.25) is 4.52 Å². The van der Waals surface area contributed by atoms with E-state index < -0.39 is 53.5 Å². The van der Waals surface area contributed by atoms with Gasteiger partial charge in [0.05, 0.1) is 6.61 Å². The Kier molecular flexibility index (Phi) is 13.0. The molecule has 0 aliphatic carbocycles. The van der Waals surface area contributed by atoms with Crippen LogP contribution in [0.3, 0.4) is 0 Å². The third kappa shape index (κ3) is 17.3. The number of hydrogen-bond acceptors (Lipinski definition) is 13. The molecule has 0 saturated heterocycles. The van der Waals surface area contributed by atoms with Crippen LogP contribution in [-0.4, -0.2) is 47.4 Å². The number of hydrogen-bond donors (Lipinski definition) is 8. The van der Waals surface area contributed by atoms with Gasteiger partial charge in [0.2, 0.25) is 0 Å². The van der Waals surface area contributed by atoms with Crippen molar-refractivity contribution in [1.82, 2.24) is 0 Å². The second-order valence-corrected chi connectivity index (χ2v) is 14.5. The quantitative estimate of drug-likeness (QED) is 0.0862. The van der Waals surface area contributed by atoms with Crippen LogP contribution in [-0.2, 0) is 53.5 Å². The second-order valence-electron chi connectivity index (χ2n) is 5.28. The fourth-order valence-electron chi connectivity index (χ4n) is 1.52. The van der Waals surface area contributed by atoms with Crippen molar-refractivity contribution < 1.29 is 87.7 Å². The SMILES string of the molecule is NCCCCCCOP(=O)(O)OP(=O)(O)OP(=O)(O)OP(=O)(O)OP(=O)(O)OP(=O)(O)O. The van der Waals surface area contributed by atoms with Crippen LogP contribution in [0, 0.1) is 0 Å². The van der Waals surface area contributed by atoms with Crippen molar-refractivity contribution in [2.24, 2.45) is 5.73 Å². The van der Waals surface area contributed by atoms with Gasteiger partial charge < -0.3 is 40.0 Å². The molecule has 0 fully saturated rings. The lowest BCUT2D eigenvalue weighted by Crippen LogP contribution is -2.01. The van der Waals surface area contributed by atoms with E-state index in [0.717, 1.165) is 0 Å². The smallest absolute Gasteiger partial charge is 0.330 e. The summed E-state index contributed by atoms with van der Waals surface area (Å²) in [6, 6.07) is 0. The van der Waals surface area contributed by atoms with E-state index in [9.17, 15) is 42.1 Å². The minimum atomic E-state index is -6.27. The van der Waals surface area contributed by atoms with Crippen LogP contribution in [0.1, 0.15) is 25.7 Å². The molecule has 20 nitrogen and oxygen atoms in total. The van der Waals surface area contributed by atoms with Gasteiger partial charge in [0.1, 0.15) is 0 Å². The van der Waals surface area contributed by atoms with E-state index >= 15 is 0 Å². The monoisotopic (exact) mass is 597 g/mol. The van der Waals surface area contributed by atoms with Crippen LogP contribution in [0.5, 0.6) is 0 Å². The highest BCUT2D eigenvalue weighted by atomic mass is 31.3. The van der Waals surface area contributed by atoms with Gasteiger partial charge in [0.15, 0.2) is 0 Å². The first kappa shape index (κ1) is 32.8. The minimum absolute atomic E-state index is 0.190. The molecule has 0 spiro atoms. The van der Waals surface area contributed by atoms with Crippen molar-refractivity contribution in [3.05, 3.63) is 0 Å². The molecular formula is C6H21NO19P6. The molecule has 0 aromatic heterocycles. The number of nitrogens with two attached hydrogens (primary N) is 1. The summed E-state index contributed by atoms with van der Waals surface area (Å²) in [5.41, 5.74) is 5.26. The van der Waals surface area contributed by atoms with Gasteiger partial charge >= 0.3 is 46.9 Å². The molecule has 0 heterocycles. The van der Waals surface area contributed by atoms with Crippen molar-refractivity contribution in [2.75, 3.05) is 13.2 Å². The maximum absolute atomic E-state index is 11.6. The molecule has 26 heteroatoms. The fraction of sp³-hybridized carbons (Fsp3) is 1.00. The minimum Gasteiger partial charge on any atom is -0.330 e. The third-order valence-electron chi connectivity index (χ3n) is 2.39. The maximum atomic E-state index is 11.6. The van der Waals surface area contributed by atoms with Gasteiger partial charge in [0.25, 0.3) is 0 Å². The van der Waals surface area contributed by atoms with Crippen molar-refractivity contribution >= 4 is 46.9 Å². The van der Waals surface area contributed by atoms with E-state index in [2.05, 4.69) is 26.1 Å². The molecule has 0 radical (unpaired) electrons. The largest absolute Gasteiger partial charge is 0.490 e. The molecule has 194 valence electrons. The standard InChI is InChI=1S/C6H21NO19P6/c7-5-3-1-2-4-6-21-28(11,12)23-30(15,16)25-32(19,20)26-31(17,18)24-29(13,14)22-27(8,9)10/h1-7H2,(H,11,12)(H,13,14)(H,15,16)(H,17,18)(H,19,20)(H2,8,9,10). The molecular weight excluding hydrogens is 576 g/mol. The normalized spacial score (nSPS) is 22.1. The van der Waals surface area contributed by atoms with Crippen LogP contribution in [0.2, 0.25) is 0 Å². The van der Waals surface area contributed by atoms with Crippen molar-refractivity contribution in [3.8, 4) is 0 Å². The zero-order valence-corrected chi connectivity index (χ0v) is 20.9. The molecule has 0 amide bonds. The lowest BCUT2D eigenvalue weighted by Gasteiger charge is -2.20. The van der Waals surface area contributed by atoms with E-state index in [-0.39, 0.29) is 6.42 Å². The third-order valence-corrected chi connectivity index (χ3v) is 11.2. The van der Waals surface area contributed by atoms with Gasteiger partial charge in [0, 0.05) is 0 Å². The Hall–Kier alpha value is 0.820. The highest BCUT2D eigenvalue weighted by Gasteiger charge is 2.49. The van der Waals surface area contributed by atoms with Crippen LogP contribution in [0.4, 0.5) is 0 Å². The van der Waals surface area contributed by atoms with Gasteiger partial charge in [-0.25, -0.2) is 27.4 Å². The highest BCUT2D eigenvalue weighted by Crippen LogP contribution is 2.74. The lowest BCUT2D eigenvalue weighted by molar-refractivity contribution is 0.167. The van der Waals surface area contributed by atoms with Gasteiger partial charge in [-0.1, -0.05) is 12.8 Å². The first-order valence-corrected chi connectivity index (χ1v) is 16.7. The molecule has 0 aliphatic heterocycles. The van der Waals surface area contributed by atoms with Crippen molar-refractivity contribution in [3.63, 3.8) is 0 Å². The molecule has 5 unspecified atom stereocenters. The number of rotatable bonds is 17. The predicted molar refractivity (Wildman–Crippen MR) is 100 cm³/mol. The summed E-state index contributed by atoms with van der Waals surface area (Å²) in [5.74, 6) is 0. The molecule has 0 saturated carbocycles. The van der Waals surface area contributed by atoms with Crippen LogP contribution in [0.15, 0.2) is 0 Å². The summed E-state index contributed by atoms with van der Waals surface area (Å²) in [6.45, 7) is -0.0498. The predicted octanol–water partition coefficient (Wildman–Crippen LogP) is 1.20. The van der Waals surface area contributed by atoms with Crippen molar-refractivity contribution in [1.29, 1.82) is 0 Å². The summed E-state index contributed by atoms with van der Waals surface area (Å²) in [5, 5.41) is 0. The molecule has 0 aromatic carbocycles. The van der Waals surface area contributed by atoms with E-state index in [1.165, 1.54) is 0 Å². The van der Waals surface area contributed by atoms with Gasteiger partial charge in [-0.05, 0) is 19.4 Å². The van der Waals surface area contributed by atoms with E-state index in [1.807, 2.05) is 0 Å². The van der Waals surface area contributed by atoms with Crippen LogP contribution < -0.4 is 5.73 Å². The average molecular weight is 597 g/mol. The number of phosphoric acid groups is 6. The maximum Gasteiger partial charge on any atom is 0.490 e. The van der Waals surface area contributed by atoms with E-state index in [0.29, 0.717) is 25.8 Å². The first-order chi connectivity index (χ1) is 14.1. The Labute approximate surface area is 179 Å². The van der Waals surface area contributed by atoms with Crippen molar-refractivity contribution in [2.45, 2.75) is 25.7 Å². The fourth-order valence-corrected chi connectivity index (χ4v) is 8.87. The Morgan fingerprint density at radius 3 is 1.22 bits per heavy atom. The summed E-state index contributed by atoms with van der Waals surface area (Å²) >= 11 is 0. The number of phosphoric ester groups is 1. The Balaban J connectivity index is 4.97. The summed E-state index contributed by atoms with van der Waals surface area (Å²) in [6.07, 6.45) is 1.99. The van der Waals surface area contributed by atoms with Gasteiger partial charge in [-0.15, -0.1) is 0 Å². The molecule has 9 N–H and O–H groups in total. The molecule has 32 heavy (non-hydrogen) atoms. The first-order valence-electron chi connectivity index (χ1n) is 7.70.